The van der Waals surface area contributed by atoms with Gasteiger partial charge in [-0.25, -0.2) is 4.39 Å². The average Bonchev–Trinajstić information content (AvgIpc) is 2.44. The Kier molecular flexibility index (Phi) is 4.81. The molecule has 110 valence electrons. The van der Waals surface area contributed by atoms with Crippen LogP contribution < -0.4 is 5.73 Å². The fraction of sp³-hybridized carbons (Fsp3) is 0.188. The van der Waals surface area contributed by atoms with Crippen molar-refractivity contribution in [2.75, 3.05) is 12.3 Å². The highest BCUT2D eigenvalue weighted by Crippen LogP contribution is 2.18. The zero-order valence-corrected chi connectivity index (χ0v) is 12.4. The minimum Gasteiger partial charge on any atom is -0.399 e. The molecule has 0 aromatic heterocycles. The lowest BCUT2D eigenvalue weighted by molar-refractivity contribution is 0.0748. The van der Waals surface area contributed by atoms with Gasteiger partial charge < -0.3 is 10.6 Å². The molecule has 1 amide bonds. The number of nitrogens with zero attached hydrogens (tertiary/aromatic N) is 1. The standard InChI is InChI=1S/C16H16ClFN2O/c1-2-20(10-11-4-3-5-13(19)8-11)16(21)14-7-6-12(17)9-15(14)18/h3-9H,2,10,19H2,1H3. The maximum atomic E-state index is 13.8. The van der Waals surface area contributed by atoms with E-state index in [9.17, 15) is 9.18 Å². The number of halogens is 2. The molecule has 0 aliphatic rings. The molecule has 0 heterocycles. The number of benzene rings is 2. The first-order valence-electron chi connectivity index (χ1n) is 6.60. The van der Waals surface area contributed by atoms with Crippen molar-refractivity contribution in [3.8, 4) is 0 Å². The lowest BCUT2D eigenvalue weighted by Crippen LogP contribution is -2.31. The Morgan fingerprint density at radius 3 is 2.67 bits per heavy atom. The average molecular weight is 307 g/mol. The number of rotatable bonds is 4. The van der Waals surface area contributed by atoms with Gasteiger partial charge in [0.05, 0.1) is 5.56 Å². The Balaban J connectivity index is 2.22. The lowest BCUT2D eigenvalue weighted by atomic mass is 10.1. The third-order valence-corrected chi connectivity index (χ3v) is 3.39. The fourth-order valence-corrected chi connectivity index (χ4v) is 2.23. The van der Waals surface area contributed by atoms with E-state index in [4.69, 9.17) is 17.3 Å². The molecule has 0 unspecified atom stereocenters. The minimum atomic E-state index is -0.612. The van der Waals surface area contributed by atoms with Crippen LogP contribution in [0.25, 0.3) is 0 Å². The zero-order chi connectivity index (χ0) is 15.4. The van der Waals surface area contributed by atoms with Gasteiger partial charge in [-0.05, 0) is 42.8 Å². The van der Waals surface area contributed by atoms with Crippen LogP contribution in [0, 0.1) is 5.82 Å². The van der Waals surface area contributed by atoms with Gasteiger partial charge in [0.1, 0.15) is 5.82 Å². The molecule has 2 aromatic carbocycles. The zero-order valence-electron chi connectivity index (χ0n) is 11.6. The predicted molar refractivity (Wildman–Crippen MR) is 82.7 cm³/mol. The van der Waals surface area contributed by atoms with Gasteiger partial charge in [-0.2, -0.15) is 0 Å². The van der Waals surface area contributed by atoms with Gasteiger partial charge in [-0.15, -0.1) is 0 Å². The number of hydrogen-bond donors (Lipinski definition) is 1. The topological polar surface area (TPSA) is 46.3 Å². The van der Waals surface area contributed by atoms with Crippen molar-refractivity contribution >= 4 is 23.2 Å². The van der Waals surface area contributed by atoms with Crippen LogP contribution in [-0.4, -0.2) is 17.4 Å². The number of carbonyl (C=O) groups is 1. The lowest BCUT2D eigenvalue weighted by Gasteiger charge is -2.21. The molecule has 0 bridgehead atoms. The highest BCUT2D eigenvalue weighted by molar-refractivity contribution is 6.30. The number of anilines is 1. The Hall–Kier alpha value is -2.07. The van der Waals surface area contributed by atoms with Crippen LogP contribution in [0.2, 0.25) is 5.02 Å². The smallest absolute Gasteiger partial charge is 0.257 e. The van der Waals surface area contributed by atoms with Gasteiger partial charge in [0.2, 0.25) is 0 Å². The van der Waals surface area contributed by atoms with Gasteiger partial charge in [0, 0.05) is 23.8 Å². The van der Waals surface area contributed by atoms with Crippen molar-refractivity contribution in [2.24, 2.45) is 0 Å². The van der Waals surface area contributed by atoms with E-state index < -0.39 is 5.82 Å². The van der Waals surface area contributed by atoms with E-state index in [0.717, 1.165) is 11.6 Å². The van der Waals surface area contributed by atoms with Crippen molar-refractivity contribution in [2.45, 2.75) is 13.5 Å². The summed E-state index contributed by atoms with van der Waals surface area (Å²) in [6, 6.07) is 11.3. The molecular formula is C16H16ClFN2O. The maximum Gasteiger partial charge on any atom is 0.257 e. The van der Waals surface area contributed by atoms with Crippen molar-refractivity contribution < 1.29 is 9.18 Å². The number of nitrogens with two attached hydrogens (primary N) is 1. The molecule has 0 aliphatic carbocycles. The summed E-state index contributed by atoms with van der Waals surface area (Å²) in [6.45, 7) is 2.69. The van der Waals surface area contributed by atoms with Crippen LogP contribution in [0.1, 0.15) is 22.8 Å². The first-order chi connectivity index (χ1) is 10.0. The molecule has 0 saturated carbocycles. The largest absolute Gasteiger partial charge is 0.399 e. The molecule has 2 aromatic rings. The van der Waals surface area contributed by atoms with Gasteiger partial charge in [0.15, 0.2) is 0 Å². The van der Waals surface area contributed by atoms with E-state index in [1.165, 1.54) is 12.1 Å². The molecule has 0 atom stereocenters. The minimum absolute atomic E-state index is 0.0187. The predicted octanol–water partition coefficient (Wildman–Crippen LogP) is 3.72. The normalized spacial score (nSPS) is 10.4. The first-order valence-corrected chi connectivity index (χ1v) is 6.97. The fourth-order valence-electron chi connectivity index (χ4n) is 2.07. The molecule has 0 aliphatic heterocycles. The quantitative estimate of drug-likeness (QED) is 0.875. The van der Waals surface area contributed by atoms with Gasteiger partial charge in [0.25, 0.3) is 5.91 Å². The van der Waals surface area contributed by atoms with E-state index in [-0.39, 0.29) is 16.5 Å². The molecule has 0 spiro atoms. The van der Waals surface area contributed by atoms with Gasteiger partial charge in [-0.3, -0.25) is 4.79 Å². The van der Waals surface area contributed by atoms with E-state index >= 15 is 0 Å². The summed E-state index contributed by atoms with van der Waals surface area (Å²) in [7, 11) is 0. The van der Waals surface area contributed by atoms with E-state index in [1.54, 1.807) is 17.0 Å². The molecule has 0 fully saturated rings. The Bertz CT molecular complexity index is 660. The van der Waals surface area contributed by atoms with Crippen LogP contribution in [-0.2, 0) is 6.54 Å². The summed E-state index contributed by atoms with van der Waals surface area (Å²) in [5.41, 5.74) is 7.28. The first kappa shape index (κ1) is 15.3. The molecule has 2 N–H and O–H groups in total. The van der Waals surface area contributed by atoms with Crippen LogP contribution in [0.4, 0.5) is 10.1 Å². The summed E-state index contributed by atoms with van der Waals surface area (Å²) in [5.74, 6) is -0.979. The molecular weight excluding hydrogens is 291 g/mol. The van der Waals surface area contributed by atoms with Crippen molar-refractivity contribution in [1.29, 1.82) is 0 Å². The SMILES string of the molecule is CCN(Cc1cccc(N)c1)C(=O)c1ccc(Cl)cc1F. The van der Waals surface area contributed by atoms with Crippen molar-refractivity contribution in [3.05, 3.63) is 64.4 Å². The van der Waals surface area contributed by atoms with Crippen LogP contribution in [0.3, 0.4) is 0 Å². The van der Waals surface area contributed by atoms with Gasteiger partial charge in [-0.1, -0.05) is 23.7 Å². The Morgan fingerprint density at radius 1 is 1.29 bits per heavy atom. The highest BCUT2D eigenvalue weighted by Gasteiger charge is 2.18. The third kappa shape index (κ3) is 3.73. The number of hydrogen-bond acceptors (Lipinski definition) is 2. The van der Waals surface area contributed by atoms with Crippen molar-refractivity contribution in [1.82, 2.24) is 4.90 Å². The molecule has 21 heavy (non-hydrogen) atoms. The summed E-state index contributed by atoms with van der Waals surface area (Å²) < 4.78 is 13.8. The van der Waals surface area contributed by atoms with Crippen LogP contribution in [0.5, 0.6) is 0 Å². The molecule has 0 radical (unpaired) electrons. The van der Waals surface area contributed by atoms with E-state index in [2.05, 4.69) is 0 Å². The summed E-state index contributed by atoms with van der Waals surface area (Å²) in [4.78, 5) is 14.0. The molecule has 0 saturated heterocycles. The third-order valence-electron chi connectivity index (χ3n) is 3.15. The molecule has 3 nitrogen and oxygen atoms in total. The second-order valence-corrected chi connectivity index (χ2v) is 5.12. The summed E-state index contributed by atoms with van der Waals surface area (Å²) >= 11 is 5.70. The highest BCUT2D eigenvalue weighted by atomic mass is 35.5. The van der Waals surface area contributed by atoms with Crippen molar-refractivity contribution in [3.63, 3.8) is 0 Å². The van der Waals surface area contributed by atoms with Crippen LogP contribution in [0.15, 0.2) is 42.5 Å². The monoisotopic (exact) mass is 306 g/mol. The Morgan fingerprint density at radius 2 is 2.05 bits per heavy atom. The molecule has 2 rings (SSSR count). The summed E-state index contributed by atoms with van der Waals surface area (Å²) in [5, 5.41) is 0.267. The number of carbonyl (C=O) groups excluding carboxylic acids is 1. The number of amides is 1. The summed E-state index contributed by atoms with van der Waals surface area (Å²) in [6.07, 6.45) is 0. The maximum absolute atomic E-state index is 13.8. The second-order valence-electron chi connectivity index (χ2n) is 4.69. The van der Waals surface area contributed by atoms with E-state index in [1.807, 2.05) is 19.1 Å². The molecule has 5 heteroatoms. The number of nitrogen functional groups attached to an aromatic ring is 1. The van der Waals surface area contributed by atoms with Gasteiger partial charge >= 0.3 is 0 Å². The Labute approximate surface area is 128 Å². The second kappa shape index (κ2) is 6.59. The van der Waals surface area contributed by atoms with Crippen LogP contribution >= 0.6 is 11.6 Å². The van der Waals surface area contributed by atoms with E-state index in [0.29, 0.717) is 18.8 Å².